The van der Waals surface area contributed by atoms with Crippen molar-refractivity contribution in [2.75, 3.05) is 18.0 Å². The quantitative estimate of drug-likeness (QED) is 0.489. The van der Waals surface area contributed by atoms with E-state index < -0.39 is 0 Å². The van der Waals surface area contributed by atoms with Gasteiger partial charge in [-0.15, -0.1) is 11.3 Å². The number of benzene rings is 1. The Morgan fingerprint density at radius 1 is 1.55 bits per heavy atom. The summed E-state index contributed by atoms with van der Waals surface area (Å²) >= 11 is 1.61. The molecule has 1 aromatic heterocycles. The molecule has 22 heavy (non-hydrogen) atoms. The van der Waals surface area contributed by atoms with Gasteiger partial charge in [-0.1, -0.05) is 17.2 Å². The number of thiazole rings is 1. The minimum atomic E-state index is 0.0738. The zero-order valence-electron chi connectivity index (χ0n) is 12.1. The predicted molar refractivity (Wildman–Crippen MR) is 86.8 cm³/mol. The second kappa shape index (κ2) is 6.17. The number of amides is 1. The number of hydrogen-bond acceptors (Lipinski definition) is 4. The van der Waals surface area contributed by atoms with Gasteiger partial charge in [0.25, 0.3) is 0 Å². The van der Waals surface area contributed by atoms with Gasteiger partial charge in [0.2, 0.25) is 5.91 Å². The van der Waals surface area contributed by atoms with E-state index in [0.29, 0.717) is 19.5 Å². The van der Waals surface area contributed by atoms with Crippen LogP contribution in [0.15, 0.2) is 34.8 Å². The van der Waals surface area contributed by atoms with Gasteiger partial charge in [-0.25, -0.2) is 4.98 Å². The Morgan fingerprint density at radius 3 is 3.14 bits per heavy atom. The molecule has 1 aliphatic rings. The lowest BCUT2D eigenvalue weighted by atomic mass is 10.1. The number of aromatic nitrogens is 1. The molecule has 1 aliphatic heterocycles. The minimum Gasteiger partial charge on any atom is -0.312 e. The van der Waals surface area contributed by atoms with Crippen molar-refractivity contribution in [3.63, 3.8) is 0 Å². The number of anilines is 1. The third-order valence-electron chi connectivity index (χ3n) is 3.68. The summed E-state index contributed by atoms with van der Waals surface area (Å²) in [5.41, 5.74) is 11.2. The summed E-state index contributed by atoms with van der Waals surface area (Å²) in [5.74, 6) is 0.165. The van der Waals surface area contributed by atoms with Gasteiger partial charge < -0.3 is 4.90 Å². The van der Waals surface area contributed by atoms with Crippen molar-refractivity contribution in [2.24, 2.45) is 11.0 Å². The van der Waals surface area contributed by atoms with Gasteiger partial charge in [-0.05, 0) is 30.5 Å². The number of rotatable bonds is 4. The Morgan fingerprint density at radius 2 is 2.41 bits per heavy atom. The fourth-order valence-corrected chi connectivity index (χ4v) is 3.26. The van der Waals surface area contributed by atoms with Crippen LogP contribution in [0, 0.1) is 12.8 Å². The van der Waals surface area contributed by atoms with Crippen molar-refractivity contribution < 1.29 is 4.79 Å². The van der Waals surface area contributed by atoms with Crippen LogP contribution in [-0.4, -0.2) is 24.0 Å². The second-order valence-electron chi connectivity index (χ2n) is 5.29. The Hall–Kier alpha value is -2.37. The van der Waals surface area contributed by atoms with Gasteiger partial charge in [-0.2, -0.15) is 0 Å². The van der Waals surface area contributed by atoms with E-state index in [2.05, 4.69) is 15.0 Å². The normalized spacial score (nSPS) is 17.6. The third kappa shape index (κ3) is 2.95. The molecule has 2 heterocycles. The molecule has 1 saturated heterocycles. The van der Waals surface area contributed by atoms with Gasteiger partial charge in [-0.3, -0.25) is 4.79 Å². The van der Waals surface area contributed by atoms with Crippen LogP contribution in [0.25, 0.3) is 21.7 Å². The largest absolute Gasteiger partial charge is 0.312 e. The highest BCUT2D eigenvalue weighted by atomic mass is 32.1. The Kier molecular flexibility index (Phi) is 4.09. The van der Waals surface area contributed by atoms with E-state index in [-0.39, 0.29) is 11.8 Å². The summed E-state index contributed by atoms with van der Waals surface area (Å²) in [4.78, 5) is 21.2. The summed E-state index contributed by atoms with van der Waals surface area (Å²) in [6, 6.07) is 7.85. The highest BCUT2D eigenvalue weighted by Gasteiger charge is 2.30. The molecule has 7 heteroatoms. The molecule has 2 aromatic rings. The van der Waals surface area contributed by atoms with Crippen LogP contribution < -0.4 is 4.90 Å². The smallest absolute Gasteiger partial charge is 0.227 e. The van der Waals surface area contributed by atoms with E-state index in [9.17, 15) is 4.79 Å². The molecule has 1 amide bonds. The zero-order valence-corrected chi connectivity index (χ0v) is 13.0. The molecule has 1 fully saturated rings. The van der Waals surface area contributed by atoms with E-state index in [0.717, 1.165) is 22.0 Å². The van der Waals surface area contributed by atoms with E-state index in [1.54, 1.807) is 16.2 Å². The van der Waals surface area contributed by atoms with E-state index in [1.807, 2.05) is 36.6 Å². The fraction of sp³-hybridized carbons (Fsp3) is 0.333. The number of aryl methyl sites for hydroxylation is 1. The molecule has 1 aromatic carbocycles. The van der Waals surface area contributed by atoms with E-state index in [1.165, 1.54) is 0 Å². The maximum Gasteiger partial charge on any atom is 0.227 e. The minimum absolute atomic E-state index is 0.0738. The highest BCUT2D eigenvalue weighted by molar-refractivity contribution is 7.09. The molecule has 0 saturated carbocycles. The molecule has 112 valence electrons. The average molecular weight is 313 g/mol. The highest BCUT2D eigenvalue weighted by Crippen LogP contribution is 2.29. The van der Waals surface area contributed by atoms with Gasteiger partial charge in [0.1, 0.15) is 0 Å². The SMILES string of the molecule is Cc1nc(-c2cccc(N3CC(CN=[N+]=[N-])CC3=O)c2)cs1. The topological polar surface area (TPSA) is 82.0 Å². The first kappa shape index (κ1) is 14.6. The Balaban J connectivity index is 1.83. The molecule has 1 atom stereocenters. The van der Waals surface area contributed by atoms with Crippen molar-refractivity contribution in [1.29, 1.82) is 0 Å². The van der Waals surface area contributed by atoms with Crippen LogP contribution in [0.5, 0.6) is 0 Å². The van der Waals surface area contributed by atoms with Crippen LogP contribution in [-0.2, 0) is 4.79 Å². The first-order valence-corrected chi connectivity index (χ1v) is 7.89. The van der Waals surface area contributed by atoms with Crippen molar-refractivity contribution in [2.45, 2.75) is 13.3 Å². The second-order valence-corrected chi connectivity index (χ2v) is 6.35. The Labute approximate surface area is 132 Å². The number of hydrogen-bond donors (Lipinski definition) is 0. The number of nitrogens with zero attached hydrogens (tertiary/aromatic N) is 5. The summed E-state index contributed by atoms with van der Waals surface area (Å²) in [6.45, 7) is 2.93. The van der Waals surface area contributed by atoms with Crippen molar-refractivity contribution in [3.8, 4) is 11.3 Å². The zero-order chi connectivity index (χ0) is 15.5. The molecule has 0 aliphatic carbocycles. The predicted octanol–water partition coefficient (Wildman–Crippen LogP) is 3.78. The molecule has 0 spiro atoms. The Bertz CT molecular complexity index is 750. The first-order valence-electron chi connectivity index (χ1n) is 7.01. The van der Waals surface area contributed by atoms with Crippen LogP contribution in [0.4, 0.5) is 5.69 Å². The first-order chi connectivity index (χ1) is 10.7. The lowest BCUT2D eigenvalue weighted by Crippen LogP contribution is -2.24. The van der Waals surface area contributed by atoms with Gasteiger partial charge >= 0.3 is 0 Å². The third-order valence-corrected chi connectivity index (χ3v) is 4.45. The fourth-order valence-electron chi connectivity index (χ4n) is 2.63. The van der Waals surface area contributed by atoms with Gasteiger partial charge in [0.05, 0.1) is 10.7 Å². The number of carbonyl (C=O) groups excluding carboxylic acids is 1. The summed E-state index contributed by atoms with van der Waals surface area (Å²) in [7, 11) is 0. The molecule has 0 N–H and O–H groups in total. The maximum absolute atomic E-state index is 12.2. The average Bonchev–Trinajstić information content (AvgIpc) is 3.11. The van der Waals surface area contributed by atoms with Crippen molar-refractivity contribution in [3.05, 3.63) is 45.1 Å². The molecular formula is C15H15N5OS. The summed E-state index contributed by atoms with van der Waals surface area (Å²) < 4.78 is 0. The van der Waals surface area contributed by atoms with Gasteiger partial charge in [0.15, 0.2) is 0 Å². The van der Waals surface area contributed by atoms with Crippen LogP contribution in [0.1, 0.15) is 11.4 Å². The molecule has 6 nitrogen and oxygen atoms in total. The monoisotopic (exact) mass is 313 g/mol. The van der Waals surface area contributed by atoms with Crippen molar-refractivity contribution in [1.82, 2.24) is 4.98 Å². The van der Waals surface area contributed by atoms with Crippen LogP contribution in [0.2, 0.25) is 0 Å². The summed E-state index contributed by atoms with van der Waals surface area (Å²) in [6.07, 6.45) is 0.430. The molecular weight excluding hydrogens is 298 g/mol. The maximum atomic E-state index is 12.2. The summed E-state index contributed by atoms with van der Waals surface area (Å²) in [5, 5.41) is 6.62. The lowest BCUT2D eigenvalue weighted by molar-refractivity contribution is -0.117. The van der Waals surface area contributed by atoms with E-state index in [4.69, 9.17) is 5.53 Å². The standard InChI is InChI=1S/C15H15N5OS/c1-10-18-14(9-22-10)12-3-2-4-13(6-12)20-8-11(5-15(20)21)7-17-19-16/h2-4,6,9,11H,5,7-8H2,1H3. The molecule has 3 rings (SSSR count). The molecule has 0 radical (unpaired) electrons. The van der Waals surface area contributed by atoms with Crippen molar-refractivity contribution >= 4 is 22.9 Å². The molecule has 1 unspecified atom stereocenters. The van der Waals surface area contributed by atoms with E-state index >= 15 is 0 Å². The van der Waals surface area contributed by atoms with Gasteiger partial charge in [0, 0.05) is 41.1 Å². The number of azide groups is 1. The van der Waals surface area contributed by atoms with Crippen LogP contribution >= 0.6 is 11.3 Å². The van der Waals surface area contributed by atoms with Crippen LogP contribution in [0.3, 0.4) is 0 Å². The molecule has 0 bridgehead atoms. The lowest BCUT2D eigenvalue weighted by Gasteiger charge is -2.17. The number of carbonyl (C=O) groups is 1.